The monoisotopic (exact) mass is 649 g/mol. The highest BCUT2D eigenvalue weighted by atomic mass is 32.2. The maximum atomic E-state index is 13.5. The number of halogens is 6. The zero-order chi connectivity index (χ0) is 32.4. The normalized spacial score (nSPS) is 17.9. The second kappa shape index (κ2) is 13.2. The Hall–Kier alpha value is -3.97. The van der Waals surface area contributed by atoms with Crippen LogP contribution in [-0.4, -0.2) is 54.2 Å². The number of hydrogen-bond acceptors (Lipinski definition) is 6. The number of amidine groups is 1. The summed E-state index contributed by atoms with van der Waals surface area (Å²) in [7, 11) is 1.34. The predicted octanol–water partition coefficient (Wildman–Crippen LogP) is 7.66. The Morgan fingerprint density at radius 2 is 1.62 bits per heavy atom. The van der Waals surface area contributed by atoms with Gasteiger partial charge in [-0.05, 0) is 60.2 Å². The van der Waals surface area contributed by atoms with Gasteiger partial charge in [-0.1, -0.05) is 42.5 Å². The van der Waals surface area contributed by atoms with Crippen LogP contribution in [0.1, 0.15) is 40.8 Å². The Labute approximate surface area is 260 Å². The van der Waals surface area contributed by atoms with E-state index in [9.17, 15) is 31.1 Å². The molecule has 0 aromatic heterocycles. The van der Waals surface area contributed by atoms with E-state index in [1.165, 1.54) is 30.5 Å². The second-order valence-electron chi connectivity index (χ2n) is 10.5. The lowest BCUT2D eigenvalue weighted by atomic mass is 10.0. The van der Waals surface area contributed by atoms with Crippen molar-refractivity contribution in [1.29, 1.82) is 0 Å². The smallest absolute Gasteiger partial charge is 0.416 e. The topological polar surface area (TPSA) is 54.4 Å². The van der Waals surface area contributed by atoms with Crippen molar-refractivity contribution >= 4 is 28.9 Å². The molecule has 0 aliphatic carbocycles. The Balaban J connectivity index is 1.23. The molecule has 0 bridgehead atoms. The van der Waals surface area contributed by atoms with Crippen LogP contribution in [0.5, 0.6) is 11.5 Å². The predicted molar refractivity (Wildman–Crippen MR) is 160 cm³/mol. The third-order valence-electron chi connectivity index (χ3n) is 7.63. The summed E-state index contributed by atoms with van der Waals surface area (Å²) >= 11 is 1.27. The molecule has 5 rings (SSSR count). The van der Waals surface area contributed by atoms with Gasteiger partial charge in [-0.15, -0.1) is 0 Å². The summed E-state index contributed by atoms with van der Waals surface area (Å²) in [5.74, 6) is -0.126. The fourth-order valence-corrected chi connectivity index (χ4v) is 6.08. The Morgan fingerprint density at radius 1 is 0.911 bits per heavy atom. The number of benzene rings is 3. The average molecular weight is 650 g/mol. The largest absolute Gasteiger partial charge is 0.493 e. The molecule has 0 N–H and O–H groups in total. The van der Waals surface area contributed by atoms with Crippen LogP contribution in [0.3, 0.4) is 0 Å². The lowest BCUT2D eigenvalue weighted by Gasteiger charge is -2.38. The summed E-state index contributed by atoms with van der Waals surface area (Å²) in [4.78, 5) is 21.9. The fourth-order valence-electron chi connectivity index (χ4n) is 5.12. The minimum Gasteiger partial charge on any atom is -0.493 e. The van der Waals surface area contributed by atoms with Crippen molar-refractivity contribution in [1.82, 2.24) is 9.80 Å². The van der Waals surface area contributed by atoms with E-state index in [0.717, 1.165) is 32.2 Å². The molecular formula is C32H29F6N3O3S. The van der Waals surface area contributed by atoms with Crippen LogP contribution in [0, 0.1) is 0 Å². The number of hydrogen-bond donors (Lipinski definition) is 0. The molecule has 1 atom stereocenters. The molecule has 1 amide bonds. The molecule has 2 aliphatic heterocycles. The number of amides is 1. The summed E-state index contributed by atoms with van der Waals surface area (Å²) in [5, 5.41) is 0.627. The second-order valence-corrected chi connectivity index (χ2v) is 11.5. The fraction of sp³-hybridized carbons (Fsp3) is 0.312. The first-order valence-corrected chi connectivity index (χ1v) is 14.8. The van der Waals surface area contributed by atoms with E-state index in [1.807, 2.05) is 18.2 Å². The van der Waals surface area contributed by atoms with Gasteiger partial charge in [0.05, 0.1) is 23.1 Å². The Morgan fingerprint density at radius 3 is 2.27 bits per heavy atom. The minimum absolute atomic E-state index is 0.0724. The van der Waals surface area contributed by atoms with Crippen molar-refractivity contribution < 1.29 is 40.6 Å². The molecule has 1 fully saturated rings. The highest BCUT2D eigenvalue weighted by molar-refractivity contribution is 8.18. The van der Waals surface area contributed by atoms with Crippen LogP contribution in [0.4, 0.5) is 26.3 Å². The zero-order valence-corrected chi connectivity index (χ0v) is 25.1. The van der Waals surface area contributed by atoms with Gasteiger partial charge in [0.2, 0.25) is 0 Å². The summed E-state index contributed by atoms with van der Waals surface area (Å²) in [6, 6.07) is 16.5. The molecule has 0 radical (unpaired) electrons. The molecular weight excluding hydrogens is 620 g/mol. The molecule has 6 nitrogen and oxygen atoms in total. The van der Waals surface area contributed by atoms with Crippen LogP contribution in [0.25, 0.3) is 6.08 Å². The number of alkyl halides is 6. The average Bonchev–Trinajstić information content (AvgIpc) is 3.39. The first-order valence-electron chi connectivity index (χ1n) is 14.0. The maximum Gasteiger partial charge on any atom is 0.416 e. The van der Waals surface area contributed by atoms with E-state index in [0.29, 0.717) is 21.7 Å². The molecule has 13 heteroatoms. The third-order valence-corrected chi connectivity index (χ3v) is 8.68. The van der Waals surface area contributed by atoms with E-state index >= 15 is 0 Å². The molecule has 3 aromatic rings. The van der Waals surface area contributed by atoms with Gasteiger partial charge in [0.1, 0.15) is 6.61 Å². The van der Waals surface area contributed by atoms with Crippen LogP contribution in [0.15, 0.2) is 76.6 Å². The van der Waals surface area contributed by atoms with Crippen molar-refractivity contribution in [3.8, 4) is 11.5 Å². The quantitative estimate of drug-likeness (QED) is 0.194. The van der Waals surface area contributed by atoms with E-state index in [-0.39, 0.29) is 29.5 Å². The number of nitrogens with zero attached hydrogens (tertiary/aromatic N) is 3. The first kappa shape index (κ1) is 32.4. The Bertz CT molecular complexity index is 1600. The first-order chi connectivity index (χ1) is 21.3. The number of rotatable bonds is 7. The molecule has 238 valence electrons. The summed E-state index contributed by atoms with van der Waals surface area (Å²) in [5.41, 5.74) is -1.48. The van der Waals surface area contributed by atoms with Crippen LogP contribution < -0.4 is 9.47 Å². The van der Waals surface area contributed by atoms with Crippen LogP contribution >= 0.6 is 11.8 Å². The lowest BCUT2D eigenvalue weighted by Crippen LogP contribution is -2.48. The van der Waals surface area contributed by atoms with E-state index in [1.54, 1.807) is 18.2 Å². The molecule has 1 saturated heterocycles. The molecule has 3 aromatic carbocycles. The molecule has 0 spiro atoms. The lowest BCUT2D eigenvalue weighted by molar-refractivity contribution is -0.143. The number of thioether (sulfide) groups is 1. The molecule has 2 aliphatic rings. The summed E-state index contributed by atoms with van der Waals surface area (Å²) in [6.07, 6.45) is -8.30. The van der Waals surface area contributed by atoms with Crippen molar-refractivity contribution in [2.45, 2.75) is 31.9 Å². The van der Waals surface area contributed by atoms with E-state index in [4.69, 9.17) is 9.47 Å². The van der Waals surface area contributed by atoms with Crippen molar-refractivity contribution in [3.63, 3.8) is 0 Å². The molecule has 45 heavy (non-hydrogen) atoms. The summed E-state index contributed by atoms with van der Waals surface area (Å²) in [6.45, 7) is 4.61. The highest BCUT2D eigenvalue weighted by Crippen LogP contribution is 2.39. The third kappa shape index (κ3) is 7.64. The number of ether oxygens (including phenoxy) is 2. The van der Waals surface area contributed by atoms with Crippen molar-refractivity contribution in [2.75, 3.05) is 33.3 Å². The van der Waals surface area contributed by atoms with Crippen LogP contribution in [0.2, 0.25) is 0 Å². The van der Waals surface area contributed by atoms with Gasteiger partial charge < -0.3 is 14.4 Å². The zero-order valence-electron chi connectivity index (χ0n) is 24.3. The van der Waals surface area contributed by atoms with Crippen LogP contribution in [-0.2, 0) is 23.8 Å². The van der Waals surface area contributed by atoms with E-state index in [2.05, 4.69) is 33.8 Å². The summed E-state index contributed by atoms with van der Waals surface area (Å²) < 4.78 is 90.5. The molecule has 0 saturated carbocycles. The Kier molecular flexibility index (Phi) is 9.49. The molecule has 1 unspecified atom stereocenters. The van der Waals surface area contributed by atoms with Gasteiger partial charge in [-0.3, -0.25) is 9.69 Å². The van der Waals surface area contributed by atoms with Gasteiger partial charge in [-0.2, -0.15) is 31.3 Å². The number of aliphatic imine (C=N–C) groups is 1. The van der Waals surface area contributed by atoms with Crippen molar-refractivity contribution in [2.24, 2.45) is 4.99 Å². The van der Waals surface area contributed by atoms with Gasteiger partial charge in [0.15, 0.2) is 16.7 Å². The standard InChI is InChI=1S/C32H29F6N3O3S/c1-20(22-6-4-3-5-7-22)40-12-14-41(15-13-40)30-39-29(42)28(45-30)17-21-8-11-26(27(16-21)43-2)44-19-23-9-10-24(31(33,34)35)18-25(23)32(36,37)38/h3-11,16-18,20H,12-15,19H2,1-2H3. The van der Waals surface area contributed by atoms with E-state index < -0.39 is 35.6 Å². The number of piperazine rings is 1. The SMILES string of the molecule is COc1cc(C=C2SC(N3CCN(C(C)c4ccccc4)CC3)=NC2=O)ccc1OCc1ccc(C(F)(F)F)cc1C(F)(F)F. The number of methoxy groups -OCH3 is 1. The van der Waals surface area contributed by atoms with Gasteiger partial charge in [0, 0.05) is 37.8 Å². The maximum absolute atomic E-state index is 13.5. The van der Waals surface area contributed by atoms with Gasteiger partial charge in [-0.25, -0.2) is 0 Å². The number of carbonyl (C=O) groups excluding carboxylic acids is 1. The molecule has 2 heterocycles. The minimum atomic E-state index is -5.01. The van der Waals surface area contributed by atoms with Gasteiger partial charge in [0.25, 0.3) is 5.91 Å². The van der Waals surface area contributed by atoms with Crippen molar-refractivity contribution in [3.05, 3.63) is 99.5 Å². The van der Waals surface area contributed by atoms with Gasteiger partial charge >= 0.3 is 12.4 Å². The highest BCUT2D eigenvalue weighted by Gasteiger charge is 2.38. The number of carbonyl (C=O) groups is 1.